The van der Waals surface area contributed by atoms with Crippen molar-refractivity contribution in [3.05, 3.63) is 40.8 Å². The molecular weight excluding hydrogens is 277 g/mol. The number of aromatic nitrogens is 1. The van der Waals surface area contributed by atoms with Crippen LogP contribution in [0.1, 0.15) is 36.6 Å². The van der Waals surface area contributed by atoms with Crippen molar-refractivity contribution in [3.63, 3.8) is 0 Å². The molecule has 2 aliphatic rings. The molecule has 2 aromatic rings. The van der Waals surface area contributed by atoms with Crippen molar-refractivity contribution in [1.82, 2.24) is 15.2 Å². The van der Waals surface area contributed by atoms with Gasteiger partial charge in [0, 0.05) is 43.2 Å². The zero-order valence-electron chi connectivity index (χ0n) is 13.0. The smallest absolute Gasteiger partial charge is 0.123 e. The molecule has 0 amide bonds. The molecule has 4 heteroatoms. The molecule has 3 nitrogen and oxygen atoms in total. The summed E-state index contributed by atoms with van der Waals surface area (Å²) in [6, 6.07) is 5.63. The fourth-order valence-corrected chi connectivity index (χ4v) is 3.36. The Morgan fingerprint density at radius 1 is 1.36 bits per heavy atom. The van der Waals surface area contributed by atoms with E-state index in [1.807, 2.05) is 6.07 Å². The number of halogens is 1. The molecule has 1 N–H and O–H groups in total. The molecule has 0 bridgehead atoms. The van der Waals surface area contributed by atoms with Crippen molar-refractivity contribution >= 4 is 10.9 Å². The lowest BCUT2D eigenvalue weighted by molar-refractivity contribution is 0.265. The highest BCUT2D eigenvalue weighted by Gasteiger charge is 2.24. The Morgan fingerprint density at radius 2 is 2.23 bits per heavy atom. The number of likely N-dealkylation sites (N-methyl/N-ethyl adjacent to an activating group) is 1. The Kier molecular flexibility index (Phi) is 3.59. The largest absolute Gasteiger partial charge is 0.310 e. The molecule has 0 saturated heterocycles. The van der Waals surface area contributed by atoms with Crippen molar-refractivity contribution in [2.75, 3.05) is 13.1 Å². The van der Waals surface area contributed by atoms with Crippen LogP contribution in [0.25, 0.3) is 10.9 Å². The molecule has 0 radical (unpaired) electrons. The standard InChI is InChI=1S/C18H22FN3/c1-2-22-8-7-18-16(11-22)15(10-20-13-4-5-13)14-9-12(19)3-6-17(14)21-18/h3,6,9,13,20H,2,4-5,7-8,10-11H2,1H3. The van der Waals surface area contributed by atoms with Gasteiger partial charge < -0.3 is 5.32 Å². The molecule has 1 aromatic carbocycles. The molecule has 1 aliphatic carbocycles. The summed E-state index contributed by atoms with van der Waals surface area (Å²) < 4.78 is 13.7. The summed E-state index contributed by atoms with van der Waals surface area (Å²) in [6.45, 7) is 6.08. The van der Waals surface area contributed by atoms with Crippen LogP contribution < -0.4 is 5.32 Å². The van der Waals surface area contributed by atoms with Crippen LogP contribution in [-0.2, 0) is 19.5 Å². The summed E-state index contributed by atoms with van der Waals surface area (Å²) >= 11 is 0. The SMILES string of the molecule is CCN1CCc2nc3ccc(F)cc3c(CNC3CC3)c2C1. The number of nitrogens with zero attached hydrogens (tertiary/aromatic N) is 2. The second-order valence-corrected chi connectivity index (χ2v) is 6.45. The number of pyridine rings is 1. The zero-order chi connectivity index (χ0) is 15.1. The van der Waals surface area contributed by atoms with E-state index < -0.39 is 0 Å². The molecule has 0 unspecified atom stereocenters. The topological polar surface area (TPSA) is 28.2 Å². The number of fused-ring (bicyclic) bond motifs is 2. The Balaban J connectivity index is 1.82. The van der Waals surface area contributed by atoms with E-state index in [1.54, 1.807) is 6.07 Å². The van der Waals surface area contributed by atoms with E-state index in [-0.39, 0.29) is 5.82 Å². The Labute approximate surface area is 130 Å². The molecule has 1 aliphatic heterocycles. The van der Waals surface area contributed by atoms with Crippen molar-refractivity contribution in [1.29, 1.82) is 0 Å². The van der Waals surface area contributed by atoms with E-state index in [1.165, 1.54) is 35.7 Å². The van der Waals surface area contributed by atoms with E-state index in [4.69, 9.17) is 4.98 Å². The number of rotatable bonds is 4. The van der Waals surface area contributed by atoms with E-state index in [9.17, 15) is 4.39 Å². The van der Waals surface area contributed by atoms with E-state index in [0.717, 1.165) is 43.5 Å². The van der Waals surface area contributed by atoms with Gasteiger partial charge >= 0.3 is 0 Å². The quantitative estimate of drug-likeness (QED) is 0.940. The first kappa shape index (κ1) is 14.1. The highest BCUT2D eigenvalue weighted by Crippen LogP contribution is 2.29. The zero-order valence-corrected chi connectivity index (χ0v) is 13.0. The van der Waals surface area contributed by atoms with Gasteiger partial charge in [-0.2, -0.15) is 0 Å². The van der Waals surface area contributed by atoms with Gasteiger partial charge in [0.15, 0.2) is 0 Å². The fraction of sp³-hybridized carbons (Fsp3) is 0.500. The molecule has 1 aromatic heterocycles. The first-order chi connectivity index (χ1) is 10.7. The Hall–Kier alpha value is -1.52. The predicted molar refractivity (Wildman–Crippen MR) is 86.2 cm³/mol. The predicted octanol–water partition coefficient (Wildman–Crippen LogP) is 3.00. The molecule has 0 spiro atoms. The molecule has 22 heavy (non-hydrogen) atoms. The van der Waals surface area contributed by atoms with E-state index in [0.29, 0.717) is 6.04 Å². The highest BCUT2D eigenvalue weighted by atomic mass is 19.1. The summed E-state index contributed by atoms with van der Waals surface area (Å²) in [5.74, 6) is -0.176. The van der Waals surface area contributed by atoms with Gasteiger partial charge in [0.1, 0.15) is 5.82 Å². The van der Waals surface area contributed by atoms with Crippen molar-refractivity contribution in [2.24, 2.45) is 0 Å². The Morgan fingerprint density at radius 3 is 3.00 bits per heavy atom. The van der Waals surface area contributed by atoms with Gasteiger partial charge in [-0.3, -0.25) is 9.88 Å². The van der Waals surface area contributed by atoms with Gasteiger partial charge in [-0.05, 0) is 48.7 Å². The second-order valence-electron chi connectivity index (χ2n) is 6.45. The van der Waals surface area contributed by atoms with Crippen LogP contribution in [-0.4, -0.2) is 29.0 Å². The molecule has 116 valence electrons. The molecule has 1 fully saturated rings. The van der Waals surface area contributed by atoms with Crippen LogP contribution in [0.2, 0.25) is 0 Å². The lowest BCUT2D eigenvalue weighted by Crippen LogP contribution is -2.32. The van der Waals surface area contributed by atoms with Crippen molar-refractivity contribution < 1.29 is 4.39 Å². The maximum atomic E-state index is 13.7. The minimum absolute atomic E-state index is 0.176. The maximum absolute atomic E-state index is 13.7. The van der Waals surface area contributed by atoms with Gasteiger partial charge in [0.05, 0.1) is 5.52 Å². The van der Waals surface area contributed by atoms with E-state index >= 15 is 0 Å². The number of hydrogen-bond donors (Lipinski definition) is 1. The number of nitrogens with one attached hydrogen (secondary N) is 1. The highest BCUT2D eigenvalue weighted by molar-refractivity contribution is 5.84. The summed E-state index contributed by atoms with van der Waals surface area (Å²) in [5.41, 5.74) is 4.71. The van der Waals surface area contributed by atoms with Gasteiger partial charge in [-0.1, -0.05) is 6.92 Å². The minimum atomic E-state index is -0.176. The van der Waals surface area contributed by atoms with Crippen LogP contribution >= 0.6 is 0 Å². The second kappa shape index (κ2) is 5.60. The third-order valence-electron chi connectivity index (χ3n) is 4.89. The van der Waals surface area contributed by atoms with Gasteiger partial charge in [-0.15, -0.1) is 0 Å². The molecular formula is C18H22FN3. The van der Waals surface area contributed by atoms with Crippen LogP contribution in [0.15, 0.2) is 18.2 Å². The Bertz CT molecular complexity index is 709. The summed E-state index contributed by atoms with van der Waals surface area (Å²) in [4.78, 5) is 7.25. The maximum Gasteiger partial charge on any atom is 0.123 e. The lowest BCUT2D eigenvalue weighted by Gasteiger charge is -2.29. The summed E-state index contributed by atoms with van der Waals surface area (Å²) in [5, 5.41) is 4.58. The molecule has 0 atom stereocenters. The van der Waals surface area contributed by atoms with Crippen molar-refractivity contribution in [2.45, 2.75) is 45.3 Å². The molecule has 2 heterocycles. The number of benzene rings is 1. The monoisotopic (exact) mass is 299 g/mol. The molecule has 4 rings (SSSR count). The van der Waals surface area contributed by atoms with Crippen LogP contribution in [0, 0.1) is 5.82 Å². The molecule has 1 saturated carbocycles. The van der Waals surface area contributed by atoms with E-state index in [2.05, 4.69) is 17.1 Å². The van der Waals surface area contributed by atoms with Gasteiger partial charge in [0.2, 0.25) is 0 Å². The average Bonchev–Trinajstić information content (AvgIpc) is 3.35. The third-order valence-corrected chi connectivity index (χ3v) is 4.89. The fourth-order valence-electron chi connectivity index (χ4n) is 3.36. The van der Waals surface area contributed by atoms with Crippen molar-refractivity contribution in [3.8, 4) is 0 Å². The van der Waals surface area contributed by atoms with Gasteiger partial charge in [0.25, 0.3) is 0 Å². The summed E-state index contributed by atoms with van der Waals surface area (Å²) in [6.07, 6.45) is 3.52. The van der Waals surface area contributed by atoms with Crippen LogP contribution in [0.3, 0.4) is 0 Å². The first-order valence-corrected chi connectivity index (χ1v) is 8.30. The summed E-state index contributed by atoms with van der Waals surface area (Å²) in [7, 11) is 0. The van der Waals surface area contributed by atoms with Crippen LogP contribution in [0.5, 0.6) is 0 Å². The normalized spacial score (nSPS) is 18.6. The minimum Gasteiger partial charge on any atom is -0.310 e. The first-order valence-electron chi connectivity index (χ1n) is 8.30. The lowest BCUT2D eigenvalue weighted by atomic mass is 9.95. The number of hydrogen-bond acceptors (Lipinski definition) is 3. The third kappa shape index (κ3) is 2.61. The van der Waals surface area contributed by atoms with Crippen LogP contribution in [0.4, 0.5) is 4.39 Å². The average molecular weight is 299 g/mol. The van der Waals surface area contributed by atoms with Gasteiger partial charge in [-0.25, -0.2) is 4.39 Å².